The minimum Gasteiger partial charge on any atom is -0.508 e. The third-order valence-electron chi connectivity index (χ3n) is 3.90. The molecule has 0 spiro atoms. The number of phenols is 1. The van der Waals surface area contributed by atoms with E-state index in [1.54, 1.807) is 12.1 Å². The Hall–Kier alpha value is -1.71. The summed E-state index contributed by atoms with van der Waals surface area (Å²) in [5, 5.41) is 18.7. The summed E-state index contributed by atoms with van der Waals surface area (Å²) in [4.78, 5) is 13.4. The summed E-state index contributed by atoms with van der Waals surface area (Å²) in [5.74, 6) is -0.717. The average molecular weight is 233 g/mol. The van der Waals surface area contributed by atoms with E-state index in [1.165, 1.54) is 0 Å². The van der Waals surface area contributed by atoms with Gasteiger partial charge in [-0.15, -0.1) is 0 Å². The van der Waals surface area contributed by atoms with Crippen LogP contribution in [0.3, 0.4) is 0 Å². The Bertz CT molecular complexity index is 472. The largest absolute Gasteiger partial charge is 0.508 e. The van der Waals surface area contributed by atoms with E-state index in [4.69, 9.17) is 0 Å². The zero-order valence-electron chi connectivity index (χ0n) is 9.47. The van der Waals surface area contributed by atoms with Gasteiger partial charge in [-0.05, 0) is 43.0 Å². The van der Waals surface area contributed by atoms with E-state index in [9.17, 15) is 15.0 Å². The van der Waals surface area contributed by atoms with E-state index in [0.717, 1.165) is 37.1 Å². The first-order chi connectivity index (χ1) is 8.16. The number of carboxylic acid groups (broad SMARTS) is 1. The first-order valence-corrected chi connectivity index (χ1v) is 5.98. The summed E-state index contributed by atoms with van der Waals surface area (Å²) in [6, 6.07) is 5.39. The van der Waals surface area contributed by atoms with Gasteiger partial charge in [-0.25, -0.2) is 0 Å². The predicted molar refractivity (Wildman–Crippen MR) is 63.3 cm³/mol. The van der Waals surface area contributed by atoms with Crippen molar-refractivity contribution in [2.45, 2.75) is 25.3 Å². The molecule has 0 amide bonds. The third-order valence-corrected chi connectivity index (χ3v) is 3.90. The average Bonchev–Trinajstić information content (AvgIpc) is 2.65. The lowest BCUT2D eigenvalue weighted by molar-refractivity contribution is -0.143. The standard InChI is InChI=1S/C13H15NO3/c15-9-3-4-11-8(6-9)7-12-10(13(16)17)2-1-5-14(11)12/h3-4,6,10,12,15H,1-2,5,7H2,(H,16,17). The molecule has 0 aromatic heterocycles. The highest BCUT2D eigenvalue weighted by atomic mass is 16.4. The molecule has 1 saturated heterocycles. The molecule has 2 aliphatic rings. The van der Waals surface area contributed by atoms with E-state index in [-0.39, 0.29) is 17.7 Å². The van der Waals surface area contributed by atoms with Crippen molar-refractivity contribution in [1.29, 1.82) is 0 Å². The summed E-state index contributed by atoms with van der Waals surface area (Å²) in [5.41, 5.74) is 2.17. The minimum atomic E-state index is -0.697. The van der Waals surface area contributed by atoms with Gasteiger partial charge in [0.05, 0.1) is 5.92 Å². The number of hydrogen-bond donors (Lipinski definition) is 2. The Morgan fingerprint density at radius 2 is 2.24 bits per heavy atom. The van der Waals surface area contributed by atoms with Gasteiger partial charge in [-0.3, -0.25) is 4.79 Å². The molecular weight excluding hydrogens is 218 g/mol. The molecule has 0 radical (unpaired) electrons. The molecule has 17 heavy (non-hydrogen) atoms. The Balaban J connectivity index is 1.97. The van der Waals surface area contributed by atoms with Crippen LogP contribution in [0.2, 0.25) is 0 Å². The monoisotopic (exact) mass is 233 g/mol. The molecule has 2 aliphatic heterocycles. The maximum atomic E-state index is 11.2. The second kappa shape index (κ2) is 3.65. The van der Waals surface area contributed by atoms with Crippen LogP contribution in [0.5, 0.6) is 5.75 Å². The first kappa shape index (κ1) is 10.4. The van der Waals surface area contributed by atoms with Crippen molar-refractivity contribution >= 4 is 11.7 Å². The number of phenolic OH excluding ortho intramolecular Hbond substituents is 1. The van der Waals surface area contributed by atoms with Crippen molar-refractivity contribution in [3.63, 3.8) is 0 Å². The molecular formula is C13H15NO3. The van der Waals surface area contributed by atoms with Crippen LogP contribution in [-0.2, 0) is 11.2 Å². The molecule has 4 heteroatoms. The van der Waals surface area contributed by atoms with E-state index < -0.39 is 5.97 Å². The number of anilines is 1. The molecule has 1 aromatic rings. The summed E-state index contributed by atoms with van der Waals surface area (Å²) in [6.45, 7) is 0.923. The fourth-order valence-electron chi connectivity index (χ4n) is 3.14. The van der Waals surface area contributed by atoms with Gasteiger partial charge in [0.1, 0.15) is 5.75 Å². The maximum Gasteiger partial charge on any atom is 0.308 e. The number of nitrogens with zero attached hydrogens (tertiary/aromatic N) is 1. The lowest BCUT2D eigenvalue weighted by atomic mass is 9.88. The number of benzene rings is 1. The molecule has 1 aromatic carbocycles. The minimum absolute atomic E-state index is 0.0676. The number of aliphatic carboxylic acids is 1. The molecule has 0 bridgehead atoms. The fourth-order valence-corrected chi connectivity index (χ4v) is 3.14. The van der Waals surface area contributed by atoms with Crippen molar-refractivity contribution in [1.82, 2.24) is 0 Å². The van der Waals surface area contributed by atoms with Gasteiger partial charge >= 0.3 is 5.97 Å². The SMILES string of the molecule is O=C(O)C1CCCN2c3ccc(O)cc3CC12. The van der Waals surface area contributed by atoms with Crippen LogP contribution in [0, 0.1) is 5.92 Å². The summed E-state index contributed by atoms with van der Waals surface area (Å²) < 4.78 is 0. The normalized spacial score (nSPS) is 26.5. The Labute approximate surface area is 99.5 Å². The number of rotatable bonds is 1. The predicted octanol–water partition coefficient (Wildman–Crippen LogP) is 1.62. The molecule has 1 fully saturated rings. The smallest absolute Gasteiger partial charge is 0.308 e. The van der Waals surface area contributed by atoms with Crippen molar-refractivity contribution in [3.8, 4) is 5.75 Å². The van der Waals surface area contributed by atoms with Gasteiger partial charge in [-0.1, -0.05) is 0 Å². The van der Waals surface area contributed by atoms with Crippen molar-refractivity contribution in [3.05, 3.63) is 23.8 Å². The second-order valence-corrected chi connectivity index (χ2v) is 4.86. The van der Waals surface area contributed by atoms with E-state index >= 15 is 0 Å². The van der Waals surface area contributed by atoms with Gasteiger partial charge in [0.15, 0.2) is 0 Å². The number of carboxylic acids is 1. The quantitative estimate of drug-likeness (QED) is 0.773. The number of carbonyl (C=O) groups is 1. The molecule has 90 valence electrons. The number of aromatic hydroxyl groups is 1. The molecule has 2 atom stereocenters. The van der Waals surface area contributed by atoms with Crippen LogP contribution in [0.4, 0.5) is 5.69 Å². The van der Waals surface area contributed by atoms with Crippen molar-refractivity contribution in [2.24, 2.45) is 5.92 Å². The van der Waals surface area contributed by atoms with E-state index in [0.29, 0.717) is 0 Å². The first-order valence-electron chi connectivity index (χ1n) is 5.98. The second-order valence-electron chi connectivity index (χ2n) is 4.86. The molecule has 3 rings (SSSR count). The van der Waals surface area contributed by atoms with Crippen molar-refractivity contribution in [2.75, 3.05) is 11.4 Å². The molecule has 0 saturated carbocycles. The van der Waals surface area contributed by atoms with Crippen LogP contribution in [0.15, 0.2) is 18.2 Å². The molecule has 2 heterocycles. The number of piperidine rings is 1. The van der Waals surface area contributed by atoms with Crippen LogP contribution in [0.1, 0.15) is 18.4 Å². The highest BCUT2D eigenvalue weighted by Gasteiger charge is 2.40. The third kappa shape index (κ3) is 1.55. The summed E-state index contributed by atoms with van der Waals surface area (Å²) >= 11 is 0. The molecule has 2 unspecified atom stereocenters. The number of hydrogen-bond acceptors (Lipinski definition) is 3. The van der Waals surface area contributed by atoms with Crippen molar-refractivity contribution < 1.29 is 15.0 Å². The van der Waals surface area contributed by atoms with Crippen LogP contribution in [-0.4, -0.2) is 28.8 Å². The lowest BCUT2D eigenvalue weighted by Crippen LogP contribution is -2.46. The zero-order valence-corrected chi connectivity index (χ0v) is 9.47. The molecule has 0 aliphatic carbocycles. The molecule has 4 nitrogen and oxygen atoms in total. The van der Waals surface area contributed by atoms with Crippen LogP contribution >= 0.6 is 0 Å². The summed E-state index contributed by atoms with van der Waals surface area (Å²) in [7, 11) is 0. The van der Waals surface area contributed by atoms with Gasteiger partial charge in [-0.2, -0.15) is 0 Å². The summed E-state index contributed by atoms with van der Waals surface area (Å²) in [6.07, 6.45) is 2.42. The van der Waals surface area contributed by atoms with Gasteiger partial charge in [0.2, 0.25) is 0 Å². The number of fused-ring (bicyclic) bond motifs is 3. The van der Waals surface area contributed by atoms with Gasteiger partial charge in [0, 0.05) is 18.3 Å². The Morgan fingerprint density at radius 1 is 1.41 bits per heavy atom. The lowest BCUT2D eigenvalue weighted by Gasteiger charge is -2.36. The Morgan fingerprint density at radius 3 is 3.00 bits per heavy atom. The maximum absolute atomic E-state index is 11.2. The van der Waals surface area contributed by atoms with Gasteiger partial charge < -0.3 is 15.1 Å². The van der Waals surface area contributed by atoms with Crippen LogP contribution in [0.25, 0.3) is 0 Å². The topological polar surface area (TPSA) is 60.8 Å². The Kier molecular flexibility index (Phi) is 2.24. The van der Waals surface area contributed by atoms with E-state index in [1.807, 2.05) is 6.07 Å². The van der Waals surface area contributed by atoms with E-state index in [2.05, 4.69) is 4.90 Å². The molecule has 2 N–H and O–H groups in total. The van der Waals surface area contributed by atoms with Crippen LogP contribution < -0.4 is 4.90 Å². The highest BCUT2D eigenvalue weighted by Crippen LogP contribution is 2.40. The zero-order chi connectivity index (χ0) is 12.0. The van der Waals surface area contributed by atoms with Gasteiger partial charge in [0.25, 0.3) is 0 Å². The highest BCUT2D eigenvalue weighted by molar-refractivity contribution is 5.74. The fraction of sp³-hybridized carbons (Fsp3) is 0.462.